The van der Waals surface area contributed by atoms with Gasteiger partial charge in [-0.1, -0.05) is 12.1 Å². The van der Waals surface area contributed by atoms with Crippen molar-refractivity contribution in [3.8, 4) is 11.5 Å². The summed E-state index contributed by atoms with van der Waals surface area (Å²) in [6, 6.07) is 9.40. The van der Waals surface area contributed by atoms with Crippen LogP contribution in [0.4, 0.5) is 0 Å². The Bertz CT molecular complexity index is 744. The molecule has 1 aliphatic rings. The predicted octanol–water partition coefficient (Wildman–Crippen LogP) is 2.19. The number of amides is 1. The first kappa shape index (κ1) is 18.3. The van der Waals surface area contributed by atoms with Gasteiger partial charge in [-0.15, -0.1) is 0 Å². The van der Waals surface area contributed by atoms with Crippen LogP contribution in [0, 0.1) is 6.92 Å². The molecule has 0 fully saturated rings. The molecule has 140 valence electrons. The lowest BCUT2D eigenvalue weighted by atomic mass is 10.2. The van der Waals surface area contributed by atoms with E-state index in [-0.39, 0.29) is 12.0 Å². The third-order valence-electron chi connectivity index (χ3n) is 4.11. The molecule has 7 heteroatoms. The van der Waals surface area contributed by atoms with Crippen LogP contribution < -0.4 is 14.8 Å². The zero-order valence-electron chi connectivity index (χ0n) is 15.2. The summed E-state index contributed by atoms with van der Waals surface area (Å²) in [4.78, 5) is 12.5. The summed E-state index contributed by atoms with van der Waals surface area (Å²) >= 11 is 0. The van der Waals surface area contributed by atoms with Gasteiger partial charge in [-0.2, -0.15) is 5.10 Å². The van der Waals surface area contributed by atoms with Gasteiger partial charge in [0.05, 0.1) is 18.8 Å². The molecule has 1 amide bonds. The summed E-state index contributed by atoms with van der Waals surface area (Å²) in [5.74, 6) is 1.38. The number of fused-ring (bicyclic) bond motifs is 1. The molecule has 0 aliphatic carbocycles. The summed E-state index contributed by atoms with van der Waals surface area (Å²) in [7, 11) is 0. The van der Waals surface area contributed by atoms with E-state index in [0.717, 1.165) is 17.2 Å². The first-order valence-corrected chi connectivity index (χ1v) is 8.96. The van der Waals surface area contributed by atoms with Crippen LogP contribution in [0.2, 0.25) is 0 Å². The lowest BCUT2D eigenvalue weighted by molar-refractivity contribution is 0.0808. The second kappa shape index (κ2) is 8.71. The predicted molar refractivity (Wildman–Crippen MR) is 96.8 cm³/mol. The first-order chi connectivity index (χ1) is 12.7. The van der Waals surface area contributed by atoms with Crippen LogP contribution in [-0.4, -0.2) is 48.2 Å². The van der Waals surface area contributed by atoms with Crippen LogP contribution in [0.25, 0.3) is 0 Å². The fourth-order valence-corrected chi connectivity index (χ4v) is 2.84. The van der Waals surface area contributed by atoms with Gasteiger partial charge in [0, 0.05) is 19.6 Å². The maximum Gasteiger partial charge on any atom is 0.269 e. The van der Waals surface area contributed by atoms with Crippen LogP contribution in [0.3, 0.4) is 0 Å². The summed E-state index contributed by atoms with van der Waals surface area (Å²) in [6.45, 7) is 6.54. The number of hydrogen-bond donors (Lipinski definition) is 1. The largest absolute Gasteiger partial charge is 0.486 e. The van der Waals surface area contributed by atoms with Crippen LogP contribution in [0.5, 0.6) is 11.5 Å². The minimum Gasteiger partial charge on any atom is -0.486 e. The third-order valence-corrected chi connectivity index (χ3v) is 4.11. The Balaban J connectivity index is 1.49. The molecular weight excluding hydrogens is 334 g/mol. The van der Waals surface area contributed by atoms with Crippen molar-refractivity contribution in [1.29, 1.82) is 0 Å². The number of nitrogens with zero attached hydrogens (tertiary/aromatic N) is 2. The number of rotatable bonds is 8. The fourth-order valence-electron chi connectivity index (χ4n) is 2.84. The topological polar surface area (TPSA) is 74.6 Å². The zero-order valence-corrected chi connectivity index (χ0v) is 15.2. The first-order valence-electron chi connectivity index (χ1n) is 8.96. The van der Waals surface area contributed by atoms with Crippen LogP contribution in [0.1, 0.15) is 29.5 Å². The molecule has 1 N–H and O–H groups in total. The normalized spacial score (nSPS) is 15.7. The number of aromatic nitrogens is 2. The molecule has 1 aliphatic heterocycles. The molecule has 2 heterocycles. The Morgan fingerprint density at radius 2 is 2.19 bits per heavy atom. The second-order valence-electron chi connectivity index (χ2n) is 6.13. The molecule has 0 radical (unpaired) electrons. The van der Waals surface area contributed by atoms with Gasteiger partial charge in [-0.25, -0.2) is 0 Å². The number of hydrogen-bond acceptors (Lipinski definition) is 5. The molecule has 1 atom stereocenters. The van der Waals surface area contributed by atoms with Gasteiger partial charge in [0.1, 0.15) is 18.4 Å². The quantitative estimate of drug-likeness (QED) is 0.732. The van der Waals surface area contributed by atoms with Crippen LogP contribution >= 0.6 is 0 Å². The monoisotopic (exact) mass is 359 g/mol. The maximum absolute atomic E-state index is 12.5. The van der Waals surface area contributed by atoms with Crippen molar-refractivity contribution in [2.75, 3.05) is 26.4 Å². The highest BCUT2D eigenvalue weighted by atomic mass is 16.6. The second-order valence-corrected chi connectivity index (χ2v) is 6.13. The van der Waals surface area contributed by atoms with E-state index in [9.17, 15) is 4.79 Å². The average molecular weight is 359 g/mol. The molecule has 1 aromatic carbocycles. The highest BCUT2D eigenvalue weighted by Crippen LogP contribution is 2.31. The van der Waals surface area contributed by atoms with E-state index in [1.165, 1.54) is 0 Å². The third kappa shape index (κ3) is 4.54. The van der Waals surface area contributed by atoms with Gasteiger partial charge >= 0.3 is 0 Å². The summed E-state index contributed by atoms with van der Waals surface area (Å²) in [5, 5.41) is 7.30. The van der Waals surface area contributed by atoms with Crippen molar-refractivity contribution >= 4 is 5.91 Å². The van der Waals surface area contributed by atoms with Crippen molar-refractivity contribution < 1.29 is 19.0 Å². The van der Waals surface area contributed by atoms with E-state index in [1.54, 1.807) is 10.7 Å². The van der Waals surface area contributed by atoms with Crippen molar-refractivity contribution in [3.05, 3.63) is 41.7 Å². The average Bonchev–Trinajstić information content (AvgIpc) is 3.02. The van der Waals surface area contributed by atoms with Crippen LogP contribution in [-0.2, 0) is 11.3 Å². The molecule has 1 aromatic heterocycles. The van der Waals surface area contributed by atoms with E-state index in [4.69, 9.17) is 14.2 Å². The van der Waals surface area contributed by atoms with E-state index in [2.05, 4.69) is 10.4 Å². The number of carbonyl (C=O) groups excluding carboxylic acids is 1. The molecule has 0 saturated carbocycles. The van der Waals surface area contributed by atoms with E-state index >= 15 is 0 Å². The molecule has 1 unspecified atom stereocenters. The van der Waals surface area contributed by atoms with Crippen molar-refractivity contribution in [2.45, 2.75) is 32.9 Å². The highest BCUT2D eigenvalue weighted by Gasteiger charge is 2.21. The Labute approximate surface area is 153 Å². The van der Waals surface area contributed by atoms with Gasteiger partial charge in [0.15, 0.2) is 11.5 Å². The van der Waals surface area contributed by atoms with Crippen molar-refractivity contribution in [1.82, 2.24) is 15.1 Å². The zero-order chi connectivity index (χ0) is 18.4. The molecular formula is C19H25N3O4. The van der Waals surface area contributed by atoms with Gasteiger partial charge in [-0.05, 0) is 32.0 Å². The molecule has 26 heavy (non-hydrogen) atoms. The summed E-state index contributed by atoms with van der Waals surface area (Å²) in [6.07, 6.45) is 0.598. The van der Waals surface area contributed by atoms with Gasteiger partial charge in [0.2, 0.25) is 0 Å². The van der Waals surface area contributed by atoms with E-state index in [0.29, 0.717) is 45.0 Å². The van der Waals surface area contributed by atoms with E-state index in [1.807, 2.05) is 38.1 Å². The highest BCUT2D eigenvalue weighted by molar-refractivity contribution is 5.92. The SMILES string of the molecule is CCOCCn1nc(C)cc1C(=O)NCCC1COc2ccccc2O1. The Kier molecular flexibility index (Phi) is 6.12. The number of carbonyl (C=O) groups is 1. The molecule has 0 saturated heterocycles. The van der Waals surface area contributed by atoms with Gasteiger partial charge in [-0.3, -0.25) is 9.48 Å². The summed E-state index contributed by atoms with van der Waals surface area (Å²) in [5.41, 5.74) is 1.36. The number of benzene rings is 1. The number of ether oxygens (including phenoxy) is 3. The molecule has 3 rings (SSSR count). The van der Waals surface area contributed by atoms with Crippen molar-refractivity contribution in [3.63, 3.8) is 0 Å². The minimum atomic E-state index is -0.140. The molecule has 0 spiro atoms. The minimum absolute atomic E-state index is 0.0743. The van der Waals surface area contributed by atoms with Gasteiger partial charge in [0.25, 0.3) is 5.91 Å². The maximum atomic E-state index is 12.5. The molecule has 0 bridgehead atoms. The standard InChI is InChI=1S/C19H25N3O4/c1-3-24-11-10-22-16(12-14(2)21-22)19(23)20-9-8-15-13-25-17-6-4-5-7-18(17)26-15/h4-7,12,15H,3,8-11,13H2,1-2H3,(H,20,23). The number of para-hydroxylation sites is 2. The Morgan fingerprint density at radius 1 is 1.38 bits per heavy atom. The summed E-state index contributed by atoms with van der Waals surface area (Å²) < 4.78 is 18.6. The van der Waals surface area contributed by atoms with Gasteiger partial charge < -0.3 is 19.5 Å². The smallest absolute Gasteiger partial charge is 0.269 e. The fraction of sp³-hybridized carbons (Fsp3) is 0.474. The number of aryl methyl sites for hydroxylation is 1. The van der Waals surface area contributed by atoms with Crippen LogP contribution in [0.15, 0.2) is 30.3 Å². The molecule has 2 aromatic rings. The Hall–Kier alpha value is -2.54. The van der Waals surface area contributed by atoms with Crippen molar-refractivity contribution in [2.24, 2.45) is 0 Å². The lowest BCUT2D eigenvalue weighted by Crippen LogP contribution is -2.35. The van der Waals surface area contributed by atoms with E-state index < -0.39 is 0 Å². The lowest BCUT2D eigenvalue weighted by Gasteiger charge is -2.26. The number of nitrogens with one attached hydrogen (secondary N) is 1. The Morgan fingerprint density at radius 3 is 3.00 bits per heavy atom. The molecule has 7 nitrogen and oxygen atoms in total.